The zero-order valence-electron chi connectivity index (χ0n) is 11.5. The molecule has 0 saturated heterocycles. The van der Waals surface area contributed by atoms with Gasteiger partial charge in [-0.3, -0.25) is 0 Å². The first kappa shape index (κ1) is 16.2. The molecule has 0 aromatic carbocycles. The van der Waals surface area contributed by atoms with Crippen LogP contribution < -0.4 is 0 Å². The van der Waals surface area contributed by atoms with Crippen LogP contribution in [0.25, 0.3) is 0 Å². The van der Waals surface area contributed by atoms with E-state index in [-0.39, 0.29) is 0 Å². The lowest BCUT2D eigenvalue weighted by Gasteiger charge is -2.02. The van der Waals surface area contributed by atoms with Crippen LogP contribution >= 0.6 is 0 Å². The van der Waals surface area contributed by atoms with E-state index in [0.717, 1.165) is 32.1 Å². The third kappa shape index (κ3) is 10.1. The lowest BCUT2D eigenvalue weighted by molar-refractivity contribution is -0.132. The van der Waals surface area contributed by atoms with Gasteiger partial charge in [-0.25, -0.2) is 4.79 Å². The Balaban J connectivity index is 3.79. The largest absolute Gasteiger partial charge is 0.478 e. The lowest BCUT2D eigenvalue weighted by Crippen LogP contribution is -2.00. The zero-order valence-corrected chi connectivity index (χ0v) is 11.5. The summed E-state index contributed by atoms with van der Waals surface area (Å²) in [4.78, 5) is 11.0. The van der Waals surface area contributed by atoms with Gasteiger partial charge in [-0.05, 0) is 25.7 Å². The van der Waals surface area contributed by atoms with Gasteiger partial charge in [0, 0.05) is 5.57 Å². The van der Waals surface area contributed by atoms with E-state index in [1.165, 1.54) is 32.1 Å². The van der Waals surface area contributed by atoms with Crippen LogP contribution in [0.2, 0.25) is 0 Å². The fraction of sp³-hybridized carbons (Fsp3) is 0.800. The topological polar surface area (TPSA) is 37.3 Å². The maximum absolute atomic E-state index is 11.0. The van der Waals surface area contributed by atoms with Crippen LogP contribution in [-0.2, 0) is 4.79 Å². The summed E-state index contributed by atoms with van der Waals surface area (Å²) in [6, 6.07) is 0. The van der Waals surface area contributed by atoms with Gasteiger partial charge in [0.1, 0.15) is 0 Å². The Hall–Kier alpha value is -0.790. The van der Waals surface area contributed by atoms with Crippen molar-refractivity contribution in [2.24, 2.45) is 0 Å². The molecule has 0 spiro atoms. The first-order chi connectivity index (χ1) is 8.22. The van der Waals surface area contributed by atoms with Crippen LogP contribution in [0.1, 0.15) is 78.1 Å². The van der Waals surface area contributed by atoms with Gasteiger partial charge in [0.25, 0.3) is 0 Å². The Kier molecular flexibility index (Phi) is 11.1. The first-order valence-corrected chi connectivity index (χ1v) is 7.14. The first-order valence-electron chi connectivity index (χ1n) is 7.14. The molecule has 0 bridgehead atoms. The SMILES string of the molecule is CCCCCCC=C(CCCCCC)C(=O)O. The van der Waals surface area contributed by atoms with Crippen LogP contribution in [0.15, 0.2) is 11.6 Å². The fourth-order valence-corrected chi connectivity index (χ4v) is 1.89. The van der Waals surface area contributed by atoms with Gasteiger partial charge in [-0.15, -0.1) is 0 Å². The molecular weight excluding hydrogens is 212 g/mol. The fourth-order valence-electron chi connectivity index (χ4n) is 1.89. The van der Waals surface area contributed by atoms with Gasteiger partial charge < -0.3 is 5.11 Å². The van der Waals surface area contributed by atoms with Crippen molar-refractivity contribution in [2.75, 3.05) is 0 Å². The predicted molar refractivity (Wildman–Crippen MR) is 73.2 cm³/mol. The Bertz CT molecular complexity index is 219. The highest BCUT2D eigenvalue weighted by Gasteiger charge is 2.05. The molecule has 0 aliphatic heterocycles. The number of hydrogen-bond donors (Lipinski definition) is 1. The molecule has 0 rings (SSSR count). The predicted octanol–water partition coefficient (Wildman–Crippen LogP) is 4.94. The second kappa shape index (κ2) is 11.7. The molecule has 0 heterocycles. The molecule has 0 radical (unpaired) electrons. The van der Waals surface area contributed by atoms with Crippen molar-refractivity contribution in [2.45, 2.75) is 78.1 Å². The number of rotatable bonds is 11. The highest BCUT2D eigenvalue weighted by molar-refractivity contribution is 5.86. The van der Waals surface area contributed by atoms with Gasteiger partial charge in [-0.2, -0.15) is 0 Å². The van der Waals surface area contributed by atoms with Crippen molar-refractivity contribution in [3.05, 3.63) is 11.6 Å². The zero-order chi connectivity index (χ0) is 12.9. The highest BCUT2D eigenvalue weighted by atomic mass is 16.4. The summed E-state index contributed by atoms with van der Waals surface area (Å²) in [5.74, 6) is -0.725. The number of carbonyl (C=O) groups is 1. The van der Waals surface area contributed by atoms with Gasteiger partial charge >= 0.3 is 5.97 Å². The summed E-state index contributed by atoms with van der Waals surface area (Å²) in [5, 5.41) is 9.06. The molecule has 0 aromatic rings. The summed E-state index contributed by atoms with van der Waals surface area (Å²) >= 11 is 0. The second-order valence-corrected chi connectivity index (χ2v) is 4.69. The number of carboxylic acids is 1. The van der Waals surface area contributed by atoms with E-state index in [1.807, 2.05) is 6.08 Å². The van der Waals surface area contributed by atoms with Crippen molar-refractivity contribution in [1.82, 2.24) is 0 Å². The van der Waals surface area contributed by atoms with E-state index < -0.39 is 5.97 Å². The highest BCUT2D eigenvalue weighted by Crippen LogP contribution is 2.13. The van der Waals surface area contributed by atoms with Crippen molar-refractivity contribution < 1.29 is 9.90 Å². The Morgan fingerprint density at radius 1 is 0.941 bits per heavy atom. The molecule has 0 aromatic heterocycles. The Morgan fingerprint density at radius 3 is 2.06 bits per heavy atom. The maximum Gasteiger partial charge on any atom is 0.331 e. The number of unbranched alkanes of at least 4 members (excludes halogenated alkanes) is 7. The van der Waals surface area contributed by atoms with E-state index in [0.29, 0.717) is 5.57 Å². The van der Waals surface area contributed by atoms with Crippen molar-refractivity contribution in [3.63, 3.8) is 0 Å². The molecule has 100 valence electrons. The standard InChI is InChI=1S/C15H28O2/c1-3-5-7-9-11-13-14(15(16)17)12-10-8-6-4-2/h13H,3-12H2,1-2H3,(H,16,17). The van der Waals surface area contributed by atoms with Gasteiger partial charge in [0.2, 0.25) is 0 Å². The molecule has 2 nitrogen and oxygen atoms in total. The van der Waals surface area contributed by atoms with E-state index in [4.69, 9.17) is 5.11 Å². The molecule has 0 unspecified atom stereocenters. The second-order valence-electron chi connectivity index (χ2n) is 4.69. The molecule has 0 atom stereocenters. The molecule has 2 heteroatoms. The molecule has 1 N–H and O–H groups in total. The van der Waals surface area contributed by atoms with E-state index in [2.05, 4.69) is 13.8 Å². The monoisotopic (exact) mass is 240 g/mol. The summed E-state index contributed by atoms with van der Waals surface area (Å²) in [7, 11) is 0. The number of aliphatic carboxylic acids is 1. The summed E-state index contributed by atoms with van der Waals surface area (Å²) in [6.45, 7) is 4.36. The van der Waals surface area contributed by atoms with Crippen molar-refractivity contribution >= 4 is 5.97 Å². The molecule has 0 aliphatic carbocycles. The molecule has 17 heavy (non-hydrogen) atoms. The van der Waals surface area contributed by atoms with E-state index in [1.54, 1.807) is 0 Å². The average Bonchev–Trinajstić information content (AvgIpc) is 2.31. The molecule has 0 amide bonds. The van der Waals surface area contributed by atoms with Crippen molar-refractivity contribution in [3.8, 4) is 0 Å². The lowest BCUT2D eigenvalue weighted by atomic mass is 10.0. The maximum atomic E-state index is 11.0. The number of carboxylic acid groups (broad SMARTS) is 1. The van der Waals surface area contributed by atoms with Crippen LogP contribution in [0.3, 0.4) is 0 Å². The third-order valence-corrected chi connectivity index (χ3v) is 3.02. The number of hydrogen-bond acceptors (Lipinski definition) is 1. The van der Waals surface area contributed by atoms with Crippen LogP contribution in [0.4, 0.5) is 0 Å². The quantitative estimate of drug-likeness (QED) is 0.410. The summed E-state index contributed by atoms with van der Waals surface area (Å²) in [6.07, 6.45) is 13.0. The number of allylic oxidation sites excluding steroid dienone is 1. The Labute approximate surface area is 106 Å². The smallest absolute Gasteiger partial charge is 0.331 e. The average molecular weight is 240 g/mol. The van der Waals surface area contributed by atoms with Crippen LogP contribution in [-0.4, -0.2) is 11.1 Å². The minimum absolute atomic E-state index is 0.623. The van der Waals surface area contributed by atoms with E-state index >= 15 is 0 Å². The van der Waals surface area contributed by atoms with Crippen molar-refractivity contribution in [1.29, 1.82) is 0 Å². The third-order valence-electron chi connectivity index (χ3n) is 3.02. The summed E-state index contributed by atoms with van der Waals surface area (Å²) in [5.41, 5.74) is 0.623. The van der Waals surface area contributed by atoms with Gasteiger partial charge in [0.15, 0.2) is 0 Å². The van der Waals surface area contributed by atoms with Crippen LogP contribution in [0, 0.1) is 0 Å². The van der Waals surface area contributed by atoms with Crippen LogP contribution in [0.5, 0.6) is 0 Å². The molecule has 0 aliphatic rings. The normalized spacial score (nSPS) is 11.8. The van der Waals surface area contributed by atoms with E-state index in [9.17, 15) is 4.79 Å². The van der Waals surface area contributed by atoms with Gasteiger partial charge in [0.05, 0.1) is 0 Å². The minimum atomic E-state index is -0.725. The summed E-state index contributed by atoms with van der Waals surface area (Å²) < 4.78 is 0. The van der Waals surface area contributed by atoms with Gasteiger partial charge in [-0.1, -0.05) is 58.4 Å². The molecule has 0 fully saturated rings. The Morgan fingerprint density at radius 2 is 1.53 bits per heavy atom. The minimum Gasteiger partial charge on any atom is -0.478 e. The molecular formula is C15H28O2. The molecule has 0 saturated carbocycles.